The second-order valence-electron chi connectivity index (χ2n) is 7.58. The zero-order valence-electron chi connectivity index (χ0n) is 16.5. The number of likely N-dealkylation sites (N-methyl/N-ethyl adjacent to an activating group) is 1. The molecule has 154 valence electrons. The van der Waals surface area contributed by atoms with Crippen LogP contribution in [0.5, 0.6) is 0 Å². The normalized spacial score (nSPS) is 19.6. The SMILES string of the molecule is CN(C)CCN1C(=O)N(c2cc(Cl)cc(Cl)c2)C(=O)C1(C)Cc1ccc(Br)cc1. The topological polar surface area (TPSA) is 43.9 Å². The molecule has 29 heavy (non-hydrogen) atoms. The highest BCUT2D eigenvalue weighted by Gasteiger charge is 2.54. The molecule has 1 atom stereocenters. The maximum absolute atomic E-state index is 13.5. The highest BCUT2D eigenvalue weighted by atomic mass is 79.9. The molecular formula is C21H22BrCl2N3O2. The summed E-state index contributed by atoms with van der Waals surface area (Å²) in [7, 11) is 3.87. The van der Waals surface area contributed by atoms with E-state index in [2.05, 4.69) is 15.9 Å². The van der Waals surface area contributed by atoms with Crippen LogP contribution in [0.15, 0.2) is 46.9 Å². The van der Waals surface area contributed by atoms with Crippen LogP contribution in [0.25, 0.3) is 0 Å². The Kier molecular flexibility index (Phi) is 6.58. The minimum atomic E-state index is -1.02. The summed E-state index contributed by atoms with van der Waals surface area (Å²) in [4.78, 5) is 31.7. The van der Waals surface area contributed by atoms with Crippen LogP contribution in [0, 0.1) is 0 Å². The summed E-state index contributed by atoms with van der Waals surface area (Å²) in [5, 5.41) is 0.740. The maximum atomic E-state index is 13.5. The van der Waals surface area contributed by atoms with Crippen molar-refractivity contribution in [2.45, 2.75) is 18.9 Å². The van der Waals surface area contributed by atoms with Gasteiger partial charge in [-0.15, -0.1) is 0 Å². The van der Waals surface area contributed by atoms with Crippen LogP contribution >= 0.6 is 39.1 Å². The van der Waals surface area contributed by atoms with Gasteiger partial charge in [-0.3, -0.25) is 4.79 Å². The molecule has 1 heterocycles. The summed E-state index contributed by atoms with van der Waals surface area (Å²) in [6.45, 7) is 2.88. The molecule has 3 rings (SSSR count). The third-order valence-electron chi connectivity index (χ3n) is 5.02. The molecule has 0 N–H and O–H groups in total. The average molecular weight is 499 g/mol. The molecule has 0 saturated carbocycles. The smallest absolute Gasteiger partial charge is 0.308 e. The van der Waals surface area contributed by atoms with E-state index in [4.69, 9.17) is 23.2 Å². The number of anilines is 1. The molecule has 3 amide bonds. The van der Waals surface area contributed by atoms with Gasteiger partial charge in [-0.05, 0) is 56.9 Å². The van der Waals surface area contributed by atoms with Gasteiger partial charge in [0.15, 0.2) is 0 Å². The van der Waals surface area contributed by atoms with Gasteiger partial charge in [-0.2, -0.15) is 0 Å². The van der Waals surface area contributed by atoms with Crippen LogP contribution in [-0.4, -0.2) is 54.5 Å². The van der Waals surface area contributed by atoms with E-state index in [1.165, 1.54) is 4.90 Å². The van der Waals surface area contributed by atoms with Gasteiger partial charge in [0.25, 0.3) is 5.91 Å². The Labute approximate surface area is 189 Å². The molecule has 1 saturated heterocycles. The van der Waals surface area contributed by atoms with E-state index < -0.39 is 5.54 Å². The number of benzene rings is 2. The van der Waals surface area contributed by atoms with Crippen LogP contribution in [0.2, 0.25) is 10.0 Å². The standard InChI is InChI=1S/C21H22BrCl2N3O2/c1-21(13-14-4-6-15(22)7-5-14)19(28)27(18-11-16(23)10-17(24)12-18)20(29)26(21)9-8-25(2)3/h4-7,10-12H,8-9,13H2,1-3H3. The Hall–Kier alpha value is -1.60. The summed E-state index contributed by atoms with van der Waals surface area (Å²) in [6, 6.07) is 12.1. The van der Waals surface area contributed by atoms with Gasteiger partial charge < -0.3 is 9.80 Å². The van der Waals surface area contributed by atoms with Crippen LogP contribution < -0.4 is 4.90 Å². The summed E-state index contributed by atoms with van der Waals surface area (Å²) in [5.74, 6) is -0.289. The number of amides is 3. The first-order valence-electron chi connectivity index (χ1n) is 9.13. The largest absolute Gasteiger partial charge is 0.332 e. The summed E-state index contributed by atoms with van der Waals surface area (Å²) in [5.41, 5.74) is 0.333. The van der Waals surface area contributed by atoms with Gasteiger partial charge >= 0.3 is 6.03 Å². The van der Waals surface area contributed by atoms with Crippen LogP contribution in [-0.2, 0) is 11.2 Å². The average Bonchev–Trinajstić information content (AvgIpc) is 2.80. The quantitative estimate of drug-likeness (QED) is 0.521. The molecule has 0 bridgehead atoms. The predicted molar refractivity (Wildman–Crippen MR) is 121 cm³/mol. The summed E-state index contributed by atoms with van der Waals surface area (Å²) in [6.07, 6.45) is 0.406. The molecule has 1 aliphatic rings. The molecule has 2 aromatic carbocycles. The molecule has 8 heteroatoms. The zero-order chi connectivity index (χ0) is 21.3. The van der Waals surface area contributed by atoms with Crippen molar-refractivity contribution in [2.75, 3.05) is 32.1 Å². The Balaban J connectivity index is 2.02. The van der Waals surface area contributed by atoms with Gasteiger partial charge in [0.05, 0.1) is 5.69 Å². The number of rotatable bonds is 6. The lowest BCUT2D eigenvalue weighted by Crippen LogP contribution is -2.50. The van der Waals surface area contributed by atoms with E-state index >= 15 is 0 Å². The number of carbonyl (C=O) groups excluding carboxylic acids is 2. The fraction of sp³-hybridized carbons (Fsp3) is 0.333. The molecular weight excluding hydrogens is 477 g/mol. The monoisotopic (exact) mass is 497 g/mol. The Morgan fingerprint density at radius 3 is 2.17 bits per heavy atom. The van der Waals surface area contributed by atoms with Gasteiger partial charge in [-0.25, -0.2) is 9.69 Å². The molecule has 1 unspecified atom stereocenters. The molecule has 2 aromatic rings. The number of nitrogens with zero attached hydrogens (tertiary/aromatic N) is 3. The number of halogens is 3. The maximum Gasteiger partial charge on any atom is 0.332 e. The highest BCUT2D eigenvalue weighted by molar-refractivity contribution is 9.10. The minimum Gasteiger partial charge on any atom is -0.308 e. The van der Waals surface area contributed by atoms with E-state index in [-0.39, 0.29) is 11.9 Å². The Morgan fingerprint density at radius 2 is 1.62 bits per heavy atom. The first kappa shape index (κ1) is 22.1. The van der Waals surface area contributed by atoms with Crippen molar-refractivity contribution in [3.63, 3.8) is 0 Å². The lowest BCUT2D eigenvalue weighted by Gasteiger charge is -2.32. The van der Waals surface area contributed by atoms with Crippen molar-refractivity contribution in [1.82, 2.24) is 9.80 Å². The van der Waals surface area contributed by atoms with Gasteiger partial charge in [0.1, 0.15) is 5.54 Å². The lowest BCUT2D eigenvalue weighted by molar-refractivity contribution is -0.124. The fourth-order valence-electron chi connectivity index (χ4n) is 3.48. The molecule has 0 spiro atoms. The summed E-state index contributed by atoms with van der Waals surface area (Å²) < 4.78 is 0.958. The second kappa shape index (κ2) is 8.64. The van der Waals surface area contributed by atoms with Crippen molar-refractivity contribution >= 4 is 56.8 Å². The Bertz CT molecular complexity index is 916. The van der Waals surface area contributed by atoms with Crippen molar-refractivity contribution in [3.05, 3.63) is 62.5 Å². The first-order valence-corrected chi connectivity index (χ1v) is 10.7. The second-order valence-corrected chi connectivity index (χ2v) is 9.37. The first-order chi connectivity index (χ1) is 13.6. The van der Waals surface area contributed by atoms with E-state index in [0.29, 0.717) is 35.2 Å². The van der Waals surface area contributed by atoms with Gasteiger partial charge in [0.2, 0.25) is 0 Å². The van der Waals surface area contributed by atoms with Crippen LogP contribution in [0.3, 0.4) is 0 Å². The van der Waals surface area contributed by atoms with E-state index in [1.807, 2.05) is 50.2 Å². The molecule has 0 aliphatic carbocycles. The lowest BCUT2D eigenvalue weighted by atomic mass is 9.91. The summed E-state index contributed by atoms with van der Waals surface area (Å²) >= 11 is 15.7. The van der Waals surface area contributed by atoms with E-state index in [1.54, 1.807) is 23.1 Å². The predicted octanol–water partition coefficient (Wildman–Crippen LogP) is 5.09. The van der Waals surface area contributed by atoms with Gasteiger partial charge in [0, 0.05) is 34.0 Å². The molecule has 0 aromatic heterocycles. The van der Waals surface area contributed by atoms with Crippen LogP contribution in [0.4, 0.5) is 10.5 Å². The van der Waals surface area contributed by atoms with Crippen molar-refractivity contribution in [1.29, 1.82) is 0 Å². The number of carbonyl (C=O) groups is 2. The van der Waals surface area contributed by atoms with Crippen molar-refractivity contribution in [3.8, 4) is 0 Å². The minimum absolute atomic E-state index is 0.289. The Morgan fingerprint density at radius 1 is 1.03 bits per heavy atom. The third-order valence-corrected chi connectivity index (χ3v) is 5.98. The van der Waals surface area contributed by atoms with Gasteiger partial charge in [-0.1, -0.05) is 51.3 Å². The van der Waals surface area contributed by atoms with Crippen molar-refractivity contribution < 1.29 is 9.59 Å². The molecule has 0 radical (unpaired) electrons. The molecule has 1 aliphatic heterocycles. The number of urea groups is 1. The molecule has 5 nitrogen and oxygen atoms in total. The molecule has 1 fully saturated rings. The van der Waals surface area contributed by atoms with Crippen LogP contribution in [0.1, 0.15) is 12.5 Å². The third kappa shape index (κ3) is 4.61. The van der Waals surface area contributed by atoms with E-state index in [9.17, 15) is 9.59 Å². The van der Waals surface area contributed by atoms with Crippen molar-refractivity contribution in [2.24, 2.45) is 0 Å². The number of hydrogen-bond donors (Lipinski definition) is 0. The fourth-order valence-corrected chi connectivity index (χ4v) is 4.26. The van der Waals surface area contributed by atoms with E-state index in [0.717, 1.165) is 10.0 Å². The highest BCUT2D eigenvalue weighted by Crippen LogP contribution is 2.36. The number of imide groups is 1. The zero-order valence-corrected chi connectivity index (χ0v) is 19.6. The number of hydrogen-bond acceptors (Lipinski definition) is 3.